The van der Waals surface area contributed by atoms with Gasteiger partial charge in [-0.15, -0.1) is 11.3 Å². The second kappa shape index (κ2) is 7.03. The van der Waals surface area contributed by atoms with Gasteiger partial charge >= 0.3 is 0 Å². The zero-order valence-corrected chi connectivity index (χ0v) is 13.1. The van der Waals surface area contributed by atoms with Gasteiger partial charge < -0.3 is 10.0 Å². The van der Waals surface area contributed by atoms with Crippen molar-refractivity contribution in [3.8, 4) is 0 Å². The van der Waals surface area contributed by atoms with Gasteiger partial charge in [0.25, 0.3) is 0 Å². The SMILES string of the molecule is CCCc1nc(N(CC)Cc2cccs2)sc1CO. The van der Waals surface area contributed by atoms with Crippen LogP contribution in [0, 0.1) is 0 Å². The first-order valence-corrected chi connectivity index (χ1v) is 8.34. The third kappa shape index (κ3) is 3.55. The Bertz CT molecular complexity index is 494. The molecule has 0 spiro atoms. The Balaban J connectivity index is 2.18. The van der Waals surface area contributed by atoms with Crippen LogP contribution in [0.15, 0.2) is 17.5 Å². The molecule has 2 rings (SSSR count). The lowest BCUT2D eigenvalue weighted by Gasteiger charge is -2.18. The van der Waals surface area contributed by atoms with E-state index in [-0.39, 0.29) is 6.61 Å². The predicted molar refractivity (Wildman–Crippen MR) is 83.1 cm³/mol. The van der Waals surface area contributed by atoms with Crippen LogP contribution in [0.2, 0.25) is 0 Å². The Hall–Kier alpha value is -0.910. The van der Waals surface area contributed by atoms with Crippen molar-refractivity contribution in [1.82, 2.24) is 4.98 Å². The number of thiazole rings is 1. The molecule has 0 fully saturated rings. The van der Waals surface area contributed by atoms with Crippen LogP contribution in [-0.4, -0.2) is 16.6 Å². The zero-order valence-electron chi connectivity index (χ0n) is 11.4. The number of rotatable bonds is 7. The van der Waals surface area contributed by atoms with Gasteiger partial charge in [0.15, 0.2) is 5.13 Å². The van der Waals surface area contributed by atoms with Crippen molar-refractivity contribution in [3.63, 3.8) is 0 Å². The van der Waals surface area contributed by atoms with E-state index < -0.39 is 0 Å². The molecular formula is C14H20N2OS2. The van der Waals surface area contributed by atoms with Crippen LogP contribution in [-0.2, 0) is 19.6 Å². The monoisotopic (exact) mass is 296 g/mol. The highest BCUT2D eigenvalue weighted by Crippen LogP contribution is 2.29. The molecule has 3 nitrogen and oxygen atoms in total. The molecule has 0 bridgehead atoms. The van der Waals surface area contributed by atoms with Crippen LogP contribution in [0.5, 0.6) is 0 Å². The molecule has 0 saturated carbocycles. The Labute approximate surface area is 122 Å². The van der Waals surface area contributed by atoms with E-state index in [9.17, 15) is 5.11 Å². The van der Waals surface area contributed by atoms with Crippen LogP contribution in [0.25, 0.3) is 0 Å². The van der Waals surface area contributed by atoms with Crippen LogP contribution < -0.4 is 4.90 Å². The van der Waals surface area contributed by atoms with E-state index in [2.05, 4.69) is 36.3 Å². The maximum atomic E-state index is 9.42. The van der Waals surface area contributed by atoms with E-state index in [0.717, 1.165) is 41.6 Å². The number of thiophene rings is 1. The molecule has 0 radical (unpaired) electrons. The molecule has 5 heteroatoms. The molecule has 2 aromatic rings. The zero-order chi connectivity index (χ0) is 13.7. The van der Waals surface area contributed by atoms with Gasteiger partial charge in [0.2, 0.25) is 0 Å². The predicted octanol–water partition coefficient (Wildman–Crippen LogP) is 3.68. The maximum Gasteiger partial charge on any atom is 0.186 e. The summed E-state index contributed by atoms with van der Waals surface area (Å²) in [4.78, 5) is 9.35. The highest BCUT2D eigenvalue weighted by Gasteiger charge is 2.15. The maximum absolute atomic E-state index is 9.42. The summed E-state index contributed by atoms with van der Waals surface area (Å²) in [5.41, 5.74) is 1.06. The first-order chi connectivity index (χ1) is 9.28. The molecule has 104 valence electrons. The minimum Gasteiger partial charge on any atom is -0.391 e. The molecule has 19 heavy (non-hydrogen) atoms. The molecular weight excluding hydrogens is 276 g/mol. The van der Waals surface area contributed by atoms with Crippen molar-refractivity contribution in [2.24, 2.45) is 0 Å². The third-order valence-corrected chi connectivity index (χ3v) is 4.98. The highest BCUT2D eigenvalue weighted by molar-refractivity contribution is 7.15. The summed E-state index contributed by atoms with van der Waals surface area (Å²) >= 11 is 3.40. The summed E-state index contributed by atoms with van der Waals surface area (Å²) in [5, 5.41) is 12.6. The van der Waals surface area contributed by atoms with Crippen LogP contribution >= 0.6 is 22.7 Å². The van der Waals surface area contributed by atoms with E-state index in [4.69, 9.17) is 4.98 Å². The second-order valence-corrected chi connectivity index (χ2v) is 6.46. The number of aryl methyl sites for hydroxylation is 1. The lowest BCUT2D eigenvalue weighted by Crippen LogP contribution is -2.21. The van der Waals surface area contributed by atoms with Crippen LogP contribution in [0.3, 0.4) is 0 Å². The summed E-state index contributed by atoms with van der Waals surface area (Å²) in [6.45, 7) is 6.22. The second-order valence-electron chi connectivity index (χ2n) is 4.37. The molecule has 0 unspecified atom stereocenters. The van der Waals surface area contributed by atoms with E-state index in [0.29, 0.717) is 0 Å². The van der Waals surface area contributed by atoms with Crippen LogP contribution in [0.4, 0.5) is 5.13 Å². The lowest BCUT2D eigenvalue weighted by atomic mass is 10.2. The van der Waals surface area contributed by atoms with E-state index in [1.165, 1.54) is 4.88 Å². The normalized spacial score (nSPS) is 10.9. The van der Waals surface area contributed by atoms with Crippen molar-refractivity contribution in [1.29, 1.82) is 0 Å². The lowest BCUT2D eigenvalue weighted by molar-refractivity contribution is 0.284. The average Bonchev–Trinajstić information content (AvgIpc) is 3.05. The minimum absolute atomic E-state index is 0.101. The van der Waals surface area contributed by atoms with Gasteiger partial charge in [-0.2, -0.15) is 0 Å². The Morgan fingerprint density at radius 2 is 2.21 bits per heavy atom. The summed E-state index contributed by atoms with van der Waals surface area (Å²) < 4.78 is 0. The van der Waals surface area contributed by atoms with Crippen molar-refractivity contribution in [3.05, 3.63) is 33.0 Å². The van der Waals surface area contributed by atoms with Crippen molar-refractivity contribution >= 4 is 27.8 Å². The smallest absolute Gasteiger partial charge is 0.186 e. The van der Waals surface area contributed by atoms with Gasteiger partial charge in [0.05, 0.1) is 23.7 Å². The highest BCUT2D eigenvalue weighted by atomic mass is 32.1. The third-order valence-electron chi connectivity index (χ3n) is 2.98. The van der Waals surface area contributed by atoms with E-state index in [1.807, 2.05) is 0 Å². The average molecular weight is 296 g/mol. The Morgan fingerprint density at radius 3 is 2.79 bits per heavy atom. The summed E-state index contributed by atoms with van der Waals surface area (Å²) in [7, 11) is 0. The molecule has 2 aromatic heterocycles. The van der Waals surface area contributed by atoms with Gasteiger partial charge in [-0.25, -0.2) is 4.98 Å². The van der Waals surface area contributed by atoms with Gasteiger partial charge in [-0.05, 0) is 24.8 Å². The Morgan fingerprint density at radius 1 is 1.37 bits per heavy atom. The fourth-order valence-corrected chi connectivity index (χ4v) is 3.71. The summed E-state index contributed by atoms with van der Waals surface area (Å²) in [6.07, 6.45) is 2.01. The minimum atomic E-state index is 0.101. The largest absolute Gasteiger partial charge is 0.391 e. The molecule has 1 N–H and O–H groups in total. The number of anilines is 1. The number of nitrogens with zero attached hydrogens (tertiary/aromatic N) is 2. The van der Waals surface area contributed by atoms with E-state index >= 15 is 0 Å². The molecule has 0 saturated heterocycles. The fraction of sp³-hybridized carbons (Fsp3) is 0.500. The van der Waals surface area contributed by atoms with Gasteiger partial charge in [0.1, 0.15) is 0 Å². The van der Waals surface area contributed by atoms with Crippen molar-refractivity contribution in [2.45, 2.75) is 39.8 Å². The molecule has 0 aliphatic heterocycles. The molecule has 0 aliphatic carbocycles. The van der Waals surface area contributed by atoms with Crippen molar-refractivity contribution in [2.75, 3.05) is 11.4 Å². The molecule has 0 aromatic carbocycles. The summed E-state index contributed by atoms with van der Waals surface area (Å²) in [6, 6.07) is 4.23. The fourth-order valence-electron chi connectivity index (χ4n) is 1.97. The van der Waals surface area contributed by atoms with Crippen molar-refractivity contribution < 1.29 is 5.11 Å². The first kappa shape index (κ1) is 14.5. The van der Waals surface area contributed by atoms with Gasteiger partial charge in [-0.3, -0.25) is 0 Å². The molecule has 0 atom stereocenters. The first-order valence-electron chi connectivity index (χ1n) is 6.65. The molecule has 2 heterocycles. The van der Waals surface area contributed by atoms with Gasteiger partial charge in [-0.1, -0.05) is 30.7 Å². The number of hydrogen-bond donors (Lipinski definition) is 1. The summed E-state index contributed by atoms with van der Waals surface area (Å²) in [5.74, 6) is 0. The quantitative estimate of drug-likeness (QED) is 0.847. The van der Waals surface area contributed by atoms with Crippen LogP contribution in [0.1, 0.15) is 35.7 Å². The van der Waals surface area contributed by atoms with Gasteiger partial charge in [0, 0.05) is 11.4 Å². The topological polar surface area (TPSA) is 36.4 Å². The number of aromatic nitrogens is 1. The molecule has 0 aliphatic rings. The van der Waals surface area contributed by atoms with E-state index in [1.54, 1.807) is 22.7 Å². The number of hydrogen-bond acceptors (Lipinski definition) is 5. The number of aliphatic hydroxyl groups excluding tert-OH is 1. The standard InChI is InChI=1S/C14H20N2OS2/c1-3-6-12-13(10-17)19-14(15-12)16(4-2)9-11-7-5-8-18-11/h5,7-8,17H,3-4,6,9-10H2,1-2H3. The molecule has 0 amide bonds. The number of aliphatic hydroxyl groups is 1. The Kier molecular flexibility index (Phi) is 5.36.